The number of nitrogens with two attached hydrogens (primary N) is 1. The molecule has 0 saturated carbocycles. The quantitative estimate of drug-likeness (QED) is 0.895. The molecule has 19 heavy (non-hydrogen) atoms. The topological polar surface area (TPSA) is 26.0 Å². The molecule has 0 heterocycles. The van der Waals surface area contributed by atoms with Crippen molar-refractivity contribution in [1.29, 1.82) is 0 Å². The Balaban J connectivity index is 2.28. The van der Waals surface area contributed by atoms with Crippen molar-refractivity contribution < 1.29 is 8.78 Å². The van der Waals surface area contributed by atoms with Crippen LogP contribution in [0.25, 0.3) is 0 Å². The minimum Gasteiger partial charge on any atom is -0.324 e. The van der Waals surface area contributed by atoms with Crippen LogP contribution in [0.15, 0.2) is 40.9 Å². The molecular formula is C15H14BrF2N. The van der Waals surface area contributed by atoms with Crippen molar-refractivity contribution in [3.63, 3.8) is 0 Å². The maximum absolute atomic E-state index is 14.0. The van der Waals surface area contributed by atoms with Crippen LogP contribution < -0.4 is 5.73 Å². The minimum atomic E-state index is -0.502. The third-order valence-electron chi connectivity index (χ3n) is 3.09. The molecule has 0 amide bonds. The van der Waals surface area contributed by atoms with Crippen molar-refractivity contribution in [2.75, 3.05) is 0 Å². The molecule has 2 rings (SSSR count). The maximum atomic E-state index is 14.0. The Morgan fingerprint density at radius 1 is 1.16 bits per heavy atom. The van der Waals surface area contributed by atoms with E-state index in [-0.39, 0.29) is 11.6 Å². The molecular weight excluding hydrogens is 312 g/mol. The average Bonchev–Trinajstić information content (AvgIpc) is 2.38. The van der Waals surface area contributed by atoms with Gasteiger partial charge in [0.25, 0.3) is 0 Å². The van der Waals surface area contributed by atoms with Gasteiger partial charge >= 0.3 is 0 Å². The summed E-state index contributed by atoms with van der Waals surface area (Å²) < 4.78 is 27.8. The SMILES string of the molecule is Cc1cccc(C(N)Cc2cccc(F)c2Br)c1F. The predicted octanol–water partition coefficient (Wildman–Crippen LogP) is 4.28. The molecule has 0 fully saturated rings. The van der Waals surface area contributed by atoms with Gasteiger partial charge in [0, 0.05) is 11.6 Å². The highest BCUT2D eigenvalue weighted by atomic mass is 79.9. The summed E-state index contributed by atoms with van der Waals surface area (Å²) in [5.74, 6) is -0.628. The highest BCUT2D eigenvalue weighted by molar-refractivity contribution is 9.10. The minimum absolute atomic E-state index is 0.289. The molecule has 0 aliphatic heterocycles. The summed E-state index contributed by atoms with van der Waals surface area (Å²) in [6.45, 7) is 1.70. The third-order valence-corrected chi connectivity index (χ3v) is 3.98. The van der Waals surface area contributed by atoms with Gasteiger partial charge in [-0.15, -0.1) is 0 Å². The van der Waals surface area contributed by atoms with E-state index in [0.717, 1.165) is 5.56 Å². The second kappa shape index (κ2) is 5.80. The first kappa shape index (κ1) is 14.2. The lowest BCUT2D eigenvalue weighted by Gasteiger charge is -2.15. The first-order chi connectivity index (χ1) is 9.00. The molecule has 0 aliphatic carbocycles. The molecule has 1 atom stereocenters. The van der Waals surface area contributed by atoms with Crippen LogP contribution in [0.4, 0.5) is 8.78 Å². The summed E-state index contributed by atoms with van der Waals surface area (Å²) in [6.07, 6.45) is 0.374. The van der Waals surface area contributed by atoms with E-state index in [1.54, 1.807) is 37.3 Å². The van der Waals surface area contributed by atoms with E-state index in [0.29, 0.717) is 22.0 Å². The Morgan fingerprint density at radius 2 is 1.84 bits per heavy atom. The molecule has 100 valence electrons. The smallest absolute Gasteiger partial charge is 0.137 e. The average molecular weight is 326 g/mol. The fraction of sp³-hybridized carbons (Fsp3) is 0.200. The van der Waals surface area contributed by atoms with Gasteiger partial charge in [0.1, 0.15) is 11.6 Å². The van der Waals surface area contributed by atoms with Gasteiger partial charge in [0.05, 0.1) is 4.47 Å². The van der Waals surface area contributed by atoms with E-state index in [9.17, 15) is 8.78 Å². The fourth-order valence-corrected chi connectivity index (χ4v) is 2.44. The van der Waals surface area contributed by atoms with Crippen LogP contribution in [0.5, 0.6) is 0 Å². The number of hydrogen-bond donors (Lipinski definition) is 1. The van der Waals surface area contributed by atoms with Crippen molar-refractivity contribution in [3.05, 3.63) is 69.2 Å². The molecule has 0 bridgehead atoms. The Hall–Kier alpha value is -1.26. The van der Waals surface area contributed by atoms with Crippen LogP contribution >= 0.6 is 15.9 Å². The zero-order valence-electron chi connectivity index (χ0n) is 10.5. The summed E-state index contributed by atoms with van der Waals surface area (Å²) in [7, 11) is 0. The van der Waals surface area contributed by atoms with E-state index in [1.165, 1.54) is 6.07 Å². The highest BCUT2D eigenvalue weighted by Crippen LogP contribution is 2.26. The molecule has 0 spiro atoms. The highest BCUT2D eigenvalue weighted by Gasteiger charge is 2.15. The van der Waals surface area contributed by atoms with E-state index >= 15 is 0 Å². The van der Waals surface area contributed by atoms with E-state index in [2.05, 4.69) is 15.9 Å². The molecule has 1 unspecified atom stereocenters. The van der Waals surface area contributed by atoms with Gasteiger partial charge in [-0.1, -0.05) is 30.3 Å². The molecule has 0 saturated heterocycles. The van der Waals surface area contributed by atoms with Crippen LogP contribution in [-0.2, 0) is 6.42 Å². The Kier molecular flexibility index (Phi) is 4.32. The van der Waals surface area contributed by atoms with E-state index < -0.39 is 6.04 Å². The van der Waals surface area contributed by atoms with E-state index in [4.69, 9.17) is 5.73 Å². The lowest BCUT2D eigenvalue weighted by Crippen LogP contribution is -2.16. The Bertz CT molecular complexity index is 599. The summed E-state index contributed by atoms with van der Waals surface area (Å²) in [5, 5.41) is 0. The van der Waals surface area contributed by atoms with Crippen LogP contribution in [0, 0.1) is 18.6 Å². The molecule has 1 nitrogen and oxygen atoms in total. The summed E-state index contributed by atoms with van der Waals surface area (Å²) in [4.78, 5) is 0. The van der Waals surface area contributed by atoms with Gasteiger partial charge in [-0.2, -0.15) is 0 Å². The van der Waals surface area contributed by atoms with Gasteiger partial charge in [-0.05, 0) is 46.5 Å². The largest absolute Gasteiger partial charge is 0.324 e. The van der Waals surface area contributed by atoms with Crippen molar-refractivity contribution in [2.45, 2.75) is 19.4 Å². The lowest BCUT2D eigenvalue weighted by molar-refractivity contribution is 0.570. The molecule has 2 N–H and O–H groups in total. The second-order valence-electron chi connectivity index (χ2n) is 4.50. The summed E-state index contributed by atoms with van der Waals surface area (Å²) in [5.41, 5.74) is 7.78. The number of benzene rings is 2. The first-order valence-corrected chi connectivity index (χ1v) is 6.73. The van der Waals surface area contributed by atoms with Gasteiger partial charge in [0.15, 0.2) is 0 Å². The van der Waals surface area contributed by atoms with Crippen molar-refractivity contribution in [2.24, 2.45) is 5.73 Å². The monoisotopic (exact) mass is 325 g/mol. The zero-order chi connectivity index (χ0) is 14.0. The van der Waals surface area contributed by atoms with Crippen molar-refractivity contribution in [1.82, 2.24) is 0 Å². The molecule has 0 aromatic heterocycles. The first-order valence-electron chi connectivity index (χ1n) is 5.94. The lowest BCUT2D eigenvalue weighted by atomic mass is 9.97. The standard InChI is InChI=1S/C15H14BrF2N/c1-9-4-2-6-11(15(9)18)13(19)8-10-5-3-7-12(17)14(10)16/h2-7,13H,8,19H2,1H3. The van der Waals surface area contributed by atoms with Gasteiger partial charge in [0.2, 0.25) is 0 Å². The molecule has 0 radical (unpaired) electrons. The fourth-order valence-electron chi connectivity index (χ4n) is 2.01. The van der Waals surface area contributed by atoms with Crippen molar-refractivity contribution >= 4 is 15.9 Å². The number of hydrogen-bond acceptors (Lipinski definition) is 1. The number of rotatable bonds is 3. The normalized spacial score (nSPS) is 12.5. The maximum Gasteiger partial charge on any atom is 0.137 e. The van der Waals surface area contributed by atoms with Gasteiger partial charge in [-0.3, -0.25) is 0 Å². The molecule has 0 aliphatic rings. The van der Waals surface area contributed by atoms with Gasteiger partial charge < -0.3 is 5.73 Å². The Labute approximate surface area is 119 Å². The third kappa shape index (κ3) is 3.01. The van der Waals surface area contributed by atoms with Crippen molar-refractivity contribution in [3.8, 4) is 0 Å². The predicted molar refractivity (Wildman–Crippen MR) is 75.9 cm³/mol. The number of halogens is 3. The van der Waals surface area contributed by atoms with Crippen LogP contribution in [0.2, 0.25) is 0 Å². The number of aryl methyl sites for hydroxylation is 1. The van der Waals surface area contributed by atoms with Gasteiger partial charge in [-0.25, -0.2) is 8.78 Å². The zero-order valence-corrected chi connectivity index (χ0v) is 12.0. The Morgan fingerprint density at radius 3 is 2.58 bits per heavy atom. The second-order valence-corrected chi connectivity index (χ2v) is 5.29. The van der Waals surface area contributed by atoms with E-state index in [1.807, 2.05) is 0 Å². The molecule has 2 aromatic carbocycles. The van der Waals surface area contributed by atoms with Crippen LogP contribution in [-0.4, -0.2) is 0 Å². The van der Waals surface area contributed by atoms with Crippen LogP contribution in [0.1, 0.15) is 22.7 Å². The summed E-state index contributed by atoms with van der Waals surface area (Å²) in [6, 6.07) is 9.40. The molecule has 2 aromatic rings. The molecule has 4 heteroatoms. The van der Waals surface area contributed by atoms with Crippen LogP contribution in [0.3, 0.4) is 0 Å². The summed E-state index contributed by atoms with van der Waals surface area (Å²) >= 11 is 3.19.